The lowest BCUT2D eigenvalue weighted by Crippen LogP contribution is -2.23. The summed E-state index contributed by atoms with van der Waals surface area (Å²) < 4.78 is 10.6. The van der Waals surface area contributed by atoms with Crippen LogP contribution in [0.4, 0.5) is 5.00 Å². The van der Waals surface area contributed by atoms with Gasteiger partial charge in [0.05, 0.1) is 18.6 Å². The Labute approximate surface area is 202 Å². The van der Waals surface area contributed by atoms with Gasteiger partial charge < -0.3 is 20.5 Å². The molecule has 0 atom stereocenters. The number of fused-ring (bicyclic) bond motifs is 1. The molecule has 1 heterocycles. The molecule has 1 aromatic heterocycles. The van der Waals surface area contributed by atoms with Gasteiger partial charge in [-0.3, -0.25) is 19.2 Å². The number of unbranched alkanes of at least 4 members (excludes halogenated alkanes) is 2. The first-order valence-electron chi connectivity index (χ1n) is 11.5. The number of benzene rings is 1. The average Bonchev–Trinajstić information content (AvgIpc) is 3.40. The van der Waals surface area contributed by atoms with Crippen molar-refractivity contribution in [2.24, 2.45) is 5.73 Å². The number of carbonyl (C=O) groups excluding carboxylic acids is 4. The molecule has 3 rings (SSSR count). The number of nitrogens with one attached hydrogen (secondary N) is 1. The van der Waals surface area contributed by atoms with Crippen molar-refractivity contribution in [2.45, 2.75) is 58.3 Å². The van der Waals surface area contributed by atoms with Crippen LogP contribution in [0.1, 0.15) is 76.6 Å². The second-order valence-corrected chi connectivity index (χ2v) is 9.24. The fourth-order valence-corrected chi connectivity index (χ4v) is 5.08. The lowest BCUT2D eigenvalue weighted by atomic mass is 10.1. The standard InChI is InChI=1S/C25H30N2O6S/c1-2-3-4-14-32-17-10-8-16(9-11-17)19(28)12-13-22(30)33-15-21(29)27-25-23(24(26)31)18-6-5-7-20(18)34-25/h8-11H,2-7,12-15H2,1H3,(H2,26,31)(H,27,29). The molecule has 8 nitrogen and oxygen atoms in total. The highest BCUT2D eigenvalue weighted by molar-refractivity contribution is 7.17. The lowest BCUT2D eigenvalue weighted by molar-refractivity contribution is -0.147. The molecule has 0 aliphatic heterocycles. The van der Waals surface area contributed by atoms with Crippen molar-refractivity contribution in [1.82, 2.24) is 0 Å². The second kappa shape index (κ2) is 12.3. The first-order valence-corrected chi connectivity index (χ1v) is 12.4. The number of aryl methyl sites for hydroxylation is 1. The third-order valence-corrected chi connectivity index (χ3v) is 6.74. The number of Topliss-reactive ketones (excluding diaryl/α,β-unsaturated/α-hetero) is 1. The molecule has 1 aromatic carbocycles. The topological polar surface area (TPSA) is 125 Å². The number of anilines is 1. The van der Waals surface area contributed by atoms with Gasteiger partial charge in [-0.25, -0.2) is 0 Å². The Morgan fingerprint density at radius 1 is 1.06 bits per heavy atom. The number of ketones is 1. The quantitative estimate of drug-likeness (QED) is 0.250. The van der Waals surface area contributed by atoms with Gasteiger partial charge in [-0.1, -0.05) is 19.8 Å². The zero-order valence-corrected chi connectivity index (χ0v) is 20.1. The van der Waals surface area contributed by atoms with E-state index in [1.165, 1.54) is 11.3 Å². The maximum Gasteiger partial charge on any atom is 0.306 e. The fraction of sp³-hybridized carbons (Fsp3) is 0.440. The summed E-state index contributed by atoms with van der Waals surface area (Å²) in [6, 6.07) is 6.82. The number of hydrogen-bond donors (Lipinski definition) is 2. The summed E-state index contributed by atoms with van der Waals surface area (Å²) in [4.78, 5) is 49.4. The van der Waals surface area contributed by atoms with Crippen LogP contribution in [0.2, 0.25) is 0 Å². The van der Waals surface area contributed by atoms with Crippen LogP contribution < -0.4 is 15.8 Å². The third-order valence-electron chi connectivity index (χ3n) is 5.53. The molecule has 2 amide bonds. The summed E-state index contributed by atoms with van der Waals surface area (Å²) in [5.41, 5.74) is 7.21. The molecule has 1 aliphatic rings. The highest BCUT2D eigenvalue weighted by Crippen LogP contribution is 2.38. The van der Waals surface area contributed by atoms with Crippen molar-refractivity contribution in [3.63, 3.8) is 0 Å². The van der Waals surface area contributed by atoms with Crippen molar-refractivity contribution in [1.29, 1.82) is 0 Å². The molecule has 2 aromatic rings. The summed E-state index contributed by atoms with van der Waals surface area (Å²) in [5, 5.41) is 3.01. The summed E-state index contributed by atoms with van der Waals surface area (Å²) in [6.45, 7) is 2.26. The Hall–Kier alpha value is -3.20. The largest absolute Gasteiger partial charge is 0.494 e. The van der Waals surface area contributed by atoms with E-state index in [1.54, 1.807) is 24.3 Å². The molecule has 0 bridgehead atoms. The molecule has 0 unspecified atom stereocenters. The first-order chi connectivity index (χ1) is 16.4. The minimum Gasteiger partial charge on any atom is -0.494 e. The predicted octanol–water partition coefficient (Wildman–Crippen LogP) is 4.05. The molecule has 182 valence electrons. The maximum atomic E-state index is 12.3. The monoisotopic (exact) mass is 486 g/mol. The van der Waals surface area contributed by atoms with Crippen molar-refractivity contribution >= 4 is 39.9 Å². The number of ether oxygens (including phenoxy) is 2. The van der Waals surface area contributed by atoms with E-state index in [9.17, 15) is 19.2 Å². The molecule has 0 spiro atoms. The van der Waals surface area contributed by atoms with Crippen LogP contribution in [0.3, 0.4) is 0 Å². The van der Waals surface area contributed by atoms with Gasteiger partial charge in [-0.15, -0.1) is 11.3 Å². The number of carbonyl (C=O) groups is 4. The zero-order valence-electron chi connectivity index (χ0n) is 19.3. The summed E-state index contributed by atoms with van der Waals surface area (Å²) in [5.74, 6) is -1.28. The third kappa shape index (κ3) is 6.90. The van der Waals surface area contributed by atoms with Gasteiger partial charge in [0.2, 0.25) is 0 Å². The van der Waals surface area contributed by atoms with Gasteiger partial charge in [-0.2, -0.15) is 0 Å². The SMILES string of the molecule is CCCCCOc1ccc(C(=O)CCC(=O)OCC(=O)Nc2sc3c(c2C(N)=O)CCC3)cc1. The number of thiophene rings is 1. The molecule has 34 heavy (non-hydrogen) atoms. The van der Waals surface area contributed by atoms with Crippen LogP contribution in [0.5, 0.6) is 5.75 Å². The lowest BCUT2D eigenvalue weighted by Gasteiger charge is -2.08. The van der Waals surface area contributed by atoms with Crippen LogP contribution in [-0.2, 0) is 27.2 Å². The number of rotatable bonds is 13. The van der Waals surface area contributed by atoms with Crippen LogP contribution in [0.15, 0.2) is 24.3 Å². The van der Waals surface area contributed by atoms with Gasteiger partial charge in [0.15, 0.2) is 12.4 Å². The van der Waals surface area contributed by atoms with E-state index < -0.39 is 24.4 Å². The van der Waals surface area contributed by atoms with Gasteiger partial charge >= 0.3 is 5.97 Å². The van der Waals surface area contributed by atoms with E-state index in [-0.39, 0.29) is 18.6 Å². The Balaban J connectivity index is 1.40. The van der Waals surface area contributed by atoms with E-state index in [1.807, 2.05) is 0 Å². The van der Waals surface area contributed by atoms with Crippen molar-refractivity contribution in [3.8, 4) is 5.75 Å². The van der Waals surface area contributed by atoms with Crippen LogP contribution >= 0.6 is 11.3 Å². The predicted molar refractivity (Wildman–Crippen MR) is 129 cm³/mol. The van der Waals surface area contributed by atoms with Crippen molar-refractivity contribution < 1.29 is 28.7 Å². The van der Waals surface area contributed by atoms with E-state index in [4.69, 9.17) is 15.2 Å². The number of primary amides is 1. The molecule has 1 aliphatic carbocycles. The first kappa shape index (κ1) is 25.4. The highest BCUT2D eigenvalue weighted by atomic mass is 32.1. The minimum atomic E-state index is -0.650. The minimum absolute atomic E-state index is 0.0272. The van der Waals surface area contributed by atoms with Crippen LogP contribution in [0, 0.1) is 0 Å². The fourth-order valence-electron chi connectivity index (χ4n) is 3.77. The summed E-state index contributed by atoms with van der Waals surface area (Å²) >= 11 is 1.33. The van der Waals surface area contributed by atoms with E-state index in [0.29, 0.717) is 28.5 Å². The normalized spacial score (nSPS) is 12.1. The maximum absolute atomic E-state index is 12.3. The van der Waals surface area contributed by atoms with E-state index in [2.05, 4.69) is 12.2 Å². The van der Waals surface area contributed by atoms with Gasteiger partial charge in [0.1, 0.15) is 10.8 Å². The Kier molecular flexibility index (Phi) is 9.21. The summed E-state index contributed by atoms with van der Waals surface area (Å²) in [6.07, 6.45) is 5.63. The number of amides is 2. The van der Waals surface area contributed by atoms with Crippen LogP contribution in [0.25, 0.3) is 0 Å². The highest BCUT2D eigenvalue weighted by Gasteiger charge is 2.26. The zero-order chi connectivity index (χ0) is 24.5. The molecular formula is C25H30N2O6S. The molecule has 9 heteroatoms. The number of hydrogen-bond acceptors (Lipinski definition) is 7. The van der Waals surface area contributed by atoms with E-state index >= 15 is 0 Å². The van der Waals surface area contributed by atoms with E-state index in [0.717, 1.165) is 49.0 Å². The van der Waals surface area contributed by atoms with Crippen LogP contribution in [-0.4, -0.2) is 36.8 Å². The second-order valence-electron chi connectivity index (χ2n) is 8.14. The Bertz CT molecular complexity index is 1040. The molecular weight excluding hydrogens is 456 g/mol. The van der Waals surface area contributed by atoms with Crippen molar-refractivity contribution in [3.05, 3.63) is 45.8 Å². The number of nitrogens with two attached hydrogens (primary N) is 1. The number of esters is 1. The molecule has 0 saturated carbocycles. The molecule has 0 fully saturated rings. The average molecular weight is 487 g/mol. The smallest absolute Gasteiger partial charge is 0.306 e. The Morgan fingerprint density at radius 2 is 1.82 bits per heavy atom. The molecule has 0 radical (unpaired) electrons. The Morgan fingerprint density at radius 3 is 2.53 bits per heavy atom. The molecule has 0 saturated heterocycles. The van der Waals surface area contributed by atoms with Gasteiger partial charge in [0, 0.05) is 16.9 Å². The van der Waals surface area contributed by atoms with Gasteiger partial charge in [-0.05, 0) is 55.5 Å². The molecule has 3 N–H and O–H groups in total. The van der Waals surface area contributed by atoms with Crippen molar-refractivity contribution in [2.75, 3.05) is 18.5 Å². The van der Waals surface area contributed by atoms with Gasteiger partial charge in [0.25, 0.3) is 11.8 Å². The summed E-state index contributed by atoms with van der Waals surface area (Å²) in [7, 11) is 0.